The van der Waals surface area contributed by atoms with Crippen LogP contribution in [0.2, 0.25) is 0 Å². The van der Waals surface area contributed by atoms with E-state index in [9.17, 15) is 14.4 Å². The van der Waals surface area contributed by atoms with Crippen molar-refractivity contribution in [3.05, 3.63) is 73.0 Å². The van der Waals surface area contributed by atoms with Gasteiger partial charge in [0, 0.05) is 16.9 Å². The number of halogens is 1. The van der Waals surface area contributed by atoms with Gasteiger partial charge in [0.2, 0.25) is 5.91 Å². The molecule has 0 radical (unpaired) electrons. The van der Waals surface area contributed by atoms with Gasteiger partial charge in [0.05, 0.1) is 23.0 Å². The number of nitrogens with zero attached hydrogens (tertiary/aromatic N) is 2. The predicted octanol–water partition coefficient (Wildman–Crippen LogP) is 1.60. The van der Waals surface area contributed by atoms with Crippen molar-refractivity contribution in [3.63, 3.8) is 0 Å². The van der Waals surface area contributed by atoms with Gasteiger partial charge in [-0.3, -0.25) is 23.9 Å². The Balaban J connectivity index is 2.03. The van der Waals surface area contributed by atoms with Crippen LogP contribution in [0.5, 0.6) is 0 Å². The molecule has 2 atom stereocenters. The zero-order chi connectivity index (χ0) is 18.4. The molecule has 26 heavy (non-hydrogen) atoms. The Hall–Kier alpha value is -2.74. The Morgan fingerprint density at radius 3 is 2.88 bits per heavy atom. The maximum absolute atomic E-state index is 12.7. The third kappa shape index (κ3) is 2.57. The Bertz CT molecular complexity index is 1140. The monoisotopic (exact) mass is 414 g/mol. The molecule has 0 bridgehead atoms. The number of carbonyl (C=O) groups excluding carboxylic acids is 1. The first-order valence-corrected chi connectivity index (χ1v) is 8.93. The molecule has 1 aliphatic rings. The molecule has 3 aromatic rings. The molecular weight excluding hydrogens is 400 g/mol. The van der Waals surface area contributed by atoms with E-state index in [0.29, 0.717) is 29.4 Å². The predicted molar refractivity (Wildman–Crippen MR) is 100 cm³/mol. The molecule has 0 spiro atoms. The van der Waals surface area contributed by atoms with Crippen molar-refractivity contribution in [2.75, 3.05) is 0 Å². The summed E-state index contributed by atoms with van der Waals surface area (Å²) in [6.45, 7) is 0. The molecule has 0 fully saturated rings. The highest BCUT2D eigenvalue weighted by Crippen LogP contribution is 2.38. The molecule has 2 aromatic heterocycles. The molecule has 1 amide bonds. The summed E-state index contributed by atoms with van der Waals surface area (Å²) in [5, 5.41) is 0. The number of rotatable bonds is 3. The lowest BCUT2D eigenvalue weighted by molar-refractivity contribution is -0.120. The smallest absolute Gasteiger partial charge is 0.317 e. The summed E-state index contributed by atoms with van der Waals surface area (Å²) in [7, 11) is 0. The molecule has 0 saturated carbocycles. The molecule has 4 rings (SSSR count). The van der Waals surface area contributed by atoms with Gasteiger partial charge in [0.15, 0.2) is 0 Å². The summed E-state index contributed by atoms with van der Waals surface area (Å²) < 4.78 is 2.25. The lowest BCUT2D eigenvalue weighted by Gasteiger charge is -2.32. The number of H-pyrrole nitrogens is 1. The zero-order valence-corrected chi connectivity index (χ0v) is 15.2. The van der Waals surface area contributed by atoms with Crippen LogP contribution in [0.25, 0.3) is 11.0 Å². The Morgan fingerprint density at radius 2 is 2.19 bits per heavy atom. The lowest BCUT2D eigenvalue weighted by atomic mass is 9.85. The molecular formula is C18H15BrN4O3. The number of aromatic nitrogens is 3. The number of benzene rings is 1. The number of nitrogens with two attached hydrogens (primary N) is 1. The van der Waals surface area contributed by atoms with E-state index < -0.39 is 29.0 Å². The third-order valence-electron chi connectivity index (χ3n) is 4.83. The van der Waals surface area contributed by atoms with E-state index in [-0.39, 0.29) is 0 Å². The number of hydrogen-bond acceptors (Lipinski definition) is 4. The molecule has 3 N–H and O–H groups in total. The van der Waals surface area contributed by atoms with Gasteiger partial charge >= 0.3 is 11.1 Å². The Labute approximate surface area is 156 Å². The van der Waals surface area contributed by atoms with Crippen molar-refractivity contribution in [2.45, 2.75) is 24.8 Å². The molecule has 3 heterocycles. The highest BCUT2D eigenvalue weighted by Gasteiger charge is 2.35. The van der Waals surface area contributed by atoms with Crippen molar-refractivity contribution in [3.8, 4) is 0 Å². The highest BCUT2D eigenvalue weighted by atomic mass is 79.9. The van der Waals surface area contributed by atoms with E-state index in [2.05, 4.69) is 25.9 Å². The highest BCUT2D eigenvalue weighted by molar-refractivity contribution is 9.10. The van der Waals surface area contributed by atoms with Crippen LogP contribution in [0, 0.1) is 0 Å². The standard InChI is InChI=1S/C18H15BrN4O3/c19-11-6-9-3-4-13(14(16(20)24)10-2-1-5-21-8-10)23-15(9)12(7-11)22-17(25)18(23)26/h1-2,5-8,13-14H,3-4H2,(H2,20,24)(H,22,25). The molecule has 7 nitrogen and oxygen atoms in total. The minimum Gasteiger partial charge on any atom is -0.369 e. The average Bonchev–Trinajstić information content (AvgIpc) is 2.61. The summed E-state index contributed by atoms with van der Waals surface area (Å²) in [6, 6.07) is 6.62. The topological polar surface area (TPSA) is 111 Å². The minimum absolute atomic E-state index is 0.518. The first-order chi connectivity index (χ1) is 12.5. The first-order valence-electron chi connectivity index (χ1n) is 8.13. The van der Waals surface area contributed by atoms with E-state index >= 15 is 0 Å². The van der Waals surface area contributed by atoms with E-state index in [0.717, 1.165) is 10.0 Å². The molecule has 2 unspecified atom stereocenters. The van der Waals surface area contributed by atoms with Gasteiger partial charge in [-0.2, -0.15) is 0 Å². The van der Waals surface area contributed by atoms with Crippen LogP contribution >= 0.6 is 15.9 Å². The van der Waals surface area contributed by atoms with Crippen LogP contribution in [0.4, 0.5) is 0 Å². The minimum atomic E-state index is -0.747. The summed E-state index contributed by atoms with van der Waals surface area (Å²) in [4.78, 5) is 43.8. The fourth-order valence-electron chi connectivity index (χ4n) is 3.81. The van der Waals surface area contributed by atoms with Crippen LogP contribution < -0.4 is 16.9 Å². The number of primary amides is 1. The van der Waals surface area contributed by atoms with Crippen molar-refractivity contribution in [2.24, 2.45) is 5.73 Å². The molecule has 1 aromatic carbocycles. The van der Waals surface area contributed by atoms with Crippen molar-refractivity contribution in [1.29, 1.82) is 0 Å². The van der Waals surface area contributed by atoms with Crippen LogP contribution in [-0.2, 0) is 11.2 Å². The average molecular weight is 415 g/mol. The van der Waals surface area contributed by atoms with Gasteiger partial charge in [-0.15, -0.1) is 0 Å². The van der Waals surface area contributed by atoms with Gasteiger partial charge in [-0.1, -0.05) is 22.0 Å². The largest absolute Gasteiger partial charge is 0.369 e. The second kappa shape index (κ2) is 6.21. The van der Waals surface area contributed by atoms with Gasteiger partial charge in [-0.05, 0) is 42.2 Å². The maximum Gasteiger partial charge on any atom is 0.317 e. The quantitative estimate of drug-likeness (QED) is 0.633. The van der Waals surface area contributed by atoms with Gasteiger partial charge in [-0.25, -0.2) is 0 Å². The molecule has 0 aliphatic carbocycles. The van der Waals surface area contributed by atoms with Crippen LogP contribution in [0.1, 0.15) is 29.5 Å². The lowest BCUT2D eigenvalue weighted by Crippen LogP contribution is -2.43. The fourth-order valence-corrected chi connectivity index (χ4v) is 4.32. The van der Waals surface area contributed by atoms with Crippen molar-refractivity contribution >= 4 is 32.9 Å². The van der Waals surface area contributed by atoms with Crippen molar-refractivity contribution < 1.29 is 4.79 Å². The number of hydrogen-bond donors (Lipinski definition) is 2. The summed E-state index contributed by atoms with van der Waals surface area (Å²) in [6.07, 6.45) is 4.36. The molecule has 132 valence electrons. The van der Waals surface area contributed by atoms with Gasteiger partial charge in [0.1, 0.15) is 0 Å². The summed E-state index contributed by atoms with van der Waals surface area (Å²) in [5.41, 5.74) is 7.05. The first kappa shape index (κ1) is 16.7. The van der Waals surface area contributed by atoms with Crippen LogP contribution in [0.3, 0.4) is 0 Å². The van der Waals surface area contributed by atoms with Gasteiger partial charge < -0.3 is 10.7 Å². The zero-order valence-electron chi connectivity index (χ0n) is 13.6. The summed E-state index contributed by atoms with van der Waals surface area (Å²) in [5.74, 6) is -1.30. The van der Waals surface area contributed by atoms with E-state index in [4.69, 9.17) is 5.73 Å². The number of aromatic amines is 1. The van der Waals surface area contributed by atoms with Gasteiger partial charge in [0.25, 0.3) is 0 Å². The number of nitrogens with one attached hydrogen (secondary N) is 1. The molecule has 1 aliphatic heterocycles. The second-order valence-corrected chi connectivity index (χ2v) is 7.28. The van der Waals surface area contributed by atoms with Crippen LogP contribution in [-0.4, -0.2) is 20.4 Å². The SMILES string of the molecule is NC(=O)C(c1cccnc1)C1CCc2cc(Br)cc3[nH]c(=O)c(=O)n1c23. The number of aryl methyl sites for hydroxylation is 1. The molecule has 8 heteroatoms. The van der Waals surface area contributed by atoms with Crippen LogP contribution in [0.15, 0.2) is 50.7 Å². The third-order valence-corrected chi connectivity index (χ3v) is 5.29. The van der Waals surface area contributed by atoms with E-state index in [1.165, 1.54) is 4.57 Å². The number of amides is 1. The van der Waals surface area contributed by atoms with E-state index in [1.54, 1.807) is 30.6 Å². The number of carbonyl (C=O) groups is 1. The Kier molecular flexibility index (Phi) is 3.99. The maximum atomic E-state index is 12.7. The van der Waals surface area contributed by atoms with E-state index in [1.807, 2.05) is 6.07 Å². The second-order valence-electron chi connectivity index (χ2n) is 6.36. The number of pyridine rings is 1. The normalized spacial score (nSPS) is 17.2. The fraction of sp³-hybridized carbons (Fsp3) is 0.222. The Morgan fingerprint density at radius 1 is 1.38 bits per heavy atom. The molecule has 0 saturated heterocycles. The summed E-state index contributed by atoms with van der Waals surface area (Å²) >= 11 is 3.43. The van der Waals surface area contributed by atoms with Crippen molar-refractivity contribution in [1.82, 2.24) is 14.5 Å².